The molecule has 0 aliphatic carbocycles. The molecule has 1 amide bonds. The number of nitrogens with zero attached hydrogens (tertiary/aromatic N) is 4. The lowest BCUT2D eigenvalue weighted by Crippen LogP contribution is -2.40. The van der Waals surface area contributed by atoms with Crippen LogP contribution >= 0.6 is 24.0 Å². The maximum Gasteiger partial charge on any atom is 0.433 e. The summed E-state index contributed by atoms with van der Waals surface area (Å²) in [4.78, 5) is 24.9. The van der Waals surface area contributed by atoms with Crippen LogP contribution in [-0.4, -0.2) is 67.5 Å². The van der Waals surface area contributed by atoms with Gasteiger partial charge in [-0.15, -0.1) is 24.0 Å². The monoisotopic (exact) mass is 565 g/mol. The average Bonchev–Trinajstić information content (AvgIpc) is 2.74. The Morgan fingerprint density at radius 3 is 2.50 bits per heavy atom. The van der Waals surface area contributed by atoms with Crippen LogP contribution in [0.25, 0.3) is 0 Å². The summed E-state index contributed by atoms with van der Waals surface area (Å²) in [5.41, 5.74) is 0.652. The molecule has 12 heteroatoms. The van der Waals surface area contributed by atoms with Crippen LogP contribution in [0.3, 0.4) is 0 Å². The predicted molar refractivity (Wildman–Crippen MR) is 128 cm³/mol. The fourth-order valence-corrected chi connectivity index (χ4v) is 2.62. The highest BCUT2D eigenvalue weighted by molar-refractivity contribution is 14.0. The molecule has 2 aromatic rings. The maximum atomic E-state index is 12.7. The van der Waals surface area contributed by atoms with Gasteiger partial charge in [0.05, 0.1) is 0 Å². The Morgan fingerprint density at radius 1 is 1.12 bits per heavy atom. The predicted octanol–water partition coefficient (Wildman–Crippen LogP) is 2.63. The summed E-state index contributed by atoms with van der Waals surface area (Å²) in [6.45, 7) is 1.28. The van der Waals surface area contributed by atoms with Crippen molar-refractivity contribution in [3.63, 3.8) is 0 Å². The van der Waals surface area contributed by atoms with Crippen LogP contribution in [0.4, 0.5) is 19.1 Å². The van der Waals surface area contributed by atoms with Gasteiger partial charge >= 0.3 is 6.18 Å². The minimum Gasteiger partial charge on any atom is -0.356 e. The topological polar surface area (TPSA) is 94.5 Å². The molecule has 0 radical (unpaired) electrons. The molecule has 8 nitrogen and oxygen atoms in total. The molecule has 3 N–H and O–H groups in total. The molecule has 0 aliphatic heterocycles. The van der Waals surface area contributed by atoms with E-state index >= 15 is 0 Å². The fraction of sp³-hybridized carbons (Fsp3) is 0.400. The van der Waals surface area contributed by atoms with Gasteiger partial charge in [0.1, 0.15) is 5.69 Å². The number of alkyl halides is 3. The highest BCUT2D eigenvalue weighted by atomic mass is 127. The minimum atomic E-state index is -4.51. The van der Waals surface area contributed by atoms with E-state index in [1.165, 1.54) is 4.90 Å². The van der Waals surface area contributed by atoms with E-state index in [2.05, 4.69) is 30.9 Å². The number of carbonyl (C=O) groups excluding carboxylic acids is 1. The number of guanidine groups is 1. The van der Waals surface area contributed by atoms with Crippen LogP contribution in [0, 0.1) is 0 Å². The van der Waals surface area contributed by atoms with Crippen LogP contribution in [0.1, 0.15) is 21.6 Å². The molecule has 2 rings (SSSR count). The zero-order chi connectivity index (χ0) is 22.9. The Labute approximate surface area is 202 Å². The van der Waals surface area contributed by atoms with Crippen molar-refractivity contribution in [3.05, 3.63) is 53.3 Å². The van der Waals surface area contributed by atoms with E-state index in [1.54, 1.807) is 27.2 Å². The maximum absolute atomic E-state index is 12.7. The molecule has 0 aliphatic rings. The first-order chi connectivity index (χ1) is 14.7. The zero-order valence-corrected chi connectivity index (χ0v) is 20.4. The van der Waals surface area contributed by atoms with Crippen molar-refractivity contribution in [2.75, 3.05) is 46.1 Å². The number of carbonyl (C=O) groups is 1. The molecule has 0 bridgehead atoms. The van der Waals surface area contributed by atoms with Gasteiger partial charge < -0.3 is 20.9 Å². The van der Waals surface area contributed by atoms with E-state index < -0.39 is 11.9 Å². The SMILES string of the molecule is CN=C(NCCNc1nccc(C(F)(F)F)n1)NCCc1cccc(C(=O)N(C)C)c1.I. The largest absolute Gasteiger partial charge is 0.433 e. The molecule has 1 aromatic carbocycles. The fourth-order valence-electron chi connectivity index (χ4n) is 2.62. The third kappa shape index (κ3) is 8.85. The first-order valence-electron chi connectivity index (χ1n) is 9.60. The van der Waals surface area contributed by atoms with Gasteiger partial charge in [-0.2, -0.15) is 13.2 Å². The molecule has 0 spiro atoms. The summed E-state index contributed by atoms with van der Waals surface area (Å²) < 4.78 is 38.0. The smallest absolute Gasteiger partial charge is 0.356 e. The molecule has 0 atom stereocenters. The van der Waals surface area contributed by atoms with E-state index in [0.29, 0.717) is 37.6 Å². The quantitative estimate of drug-likeness (QED) is 0.197. The van der Waals surface area contributed by atoms with Crippen LogP contribution in [0.5, 0.6) is 0 Å². The zero-order valence-electron chi connectivity index (χ0n) is 18.0. The number of aliphatic imine (C=N–C) groups is 1. The number of hydrogen-bond acceptors (Lipinski definition) is 5. The molecular formula is C20H27F3IN7O. The Kier molecular flexibility index (Phi) is 11.2. The van der Waals surface area contributed by atoms with Crippen LogP contribution in [0.2, 0.25) is 0 Å². The van der Waals surface area contributed by atoms with Crippen LogP contribution in [0.15, 0.2) is 41.5 Å². The summed E-state index contributed by atoms with van der Waals surface area (Å²) >= 11 is 0. The standard InChI is InChI=1S/C20H26F3N7O.HI/c1-24-18(25-9-7-14-5-4-6-15(13-14)17(31)30(2)3)27-11-12-28-19-26-10-8-16(29-19)20(21,22)23;/h4-6,8,10,13H,7,9,11-12H2,1-3H3,(H2,24,25,27)(H,26,28,29);1H. The highest BCUT2D eigenvalue weighted by Gasteiger charge is 2.32. The van der Waals surface area contributed by atoms with Gasteiger partial charge in [0.15, 0.2) is 5.96 Å². The minimum absolute atomic E-state index is 0. The molecule has 0 saturated heterocycles. The van der Waals surface area contributed by atoms with E-state index in [-0.39, 0.29) is 35.8 Å². The number of nitrogens with one attached hydrogen (secondary N) is 3. The van der Waals surface area contributed by atoms with Gasteiger partial charge in [-0.1, -0.05) is 12.1 Å². The Morgan fingerprint density at radius 2 is 1.84 bits per heavy atom. The molecule has 0 saturated carbocycles. The lowest BCUT2D eigenvalue weighted by atomic mass is 10.1. The molecule has 0 fully saturated rings. The van der Waals surface area contributed by atoms with Crippen molar-refractivity contribution in [2.45, 2.75) is 12.6 Å². The van der Waals surface area contributed by atoms with Gasteiger partial charge in [0.25, 0.3) is 5.91 Å². The second-order valence-corrected chi connectivity index (χ2v) is 6.77. The highest BCUT2D eigenvalue weighted by Crippen LogP contribution is 2.27. The Bertz CT molecular complexity index is 907. The first kappa shape index (κ1) is 27.4. The first-order valence-corrected chi connectivity index (χ1v) is 9.60. The summed E-state index contributed by atoms with van der Waals surface area (Å²) in [7, 11) is 5.04. The van der Waals surface area contributed by atoms with Crippen molar-refractivity contribution in [1.29, 1.82) is 0 Å². The van der Waals surface area contributed by atoms with E-state index in [9.17, 15) is 18.0 Å². The van der Waals surface area contributed by atoms with Crippen molar-refractivity contribution in [1.82, 2.24) is 25.5 Å². The molecule has 1 aromatic heterocycles. The van der Waals surface area contributed by atoms with Gasteiger partial charge in [0, 0.05) is 52.5 Å². The third-order valence-corrected chi connectivity index (χ3v) is 4.16. The van der Waals surface area contributed by atoms with Crippen LogP contribution < -0.4 is 16.0 Å². The number of aromatic nitrogens is 2. The number of anilines is 1. The third-order valence-electron chi connectivity index (χ3n) is 4.16. The average molecular weight is 565 g/mol. The number of rotatable bonds is 8. The molecule has 0 unspecified atom stereocenters. The lowest BCUT2D eigenvalue weighted by molar-refractivity contribution is -0.141. The number of amides is 1. The van der Waals surface area contributed by atoms with Gasteiger partial charge in [-0.3, -0.25) is 9.79 Å². The van der Waals surface area contributed by atoms with Crippen molar-refractivity contribution < 1.29 is 18.0 Å². The molecule has 32 heavy (non-hydrogen) atoms. The van der Waals surface area contributed by atoms with Crippen LogP contribution in [-0.2, 0) is 12.6 Å². The Hall–Kier alpha value is -2.64. The lowest BCUT2D eigenvalue weighted by Gasteiger charge is -2.13. The summed E-state index contributed by atoms with van der Waals surface area (Å²) in [5, 5.41) is 8.95. The molecule has 176 valence electrons. The van der Waals surface area contributed by atoms with E-state index in [0.717, 1.165) is 17.8 Å². The van der Waals surface area contributed by atoms with Gasteiger partial charge in [-0.05, 0) is 30.2 Å². The van der Waals surface area contributed by atoms with Crippen molar-refractivity contribution >= 4 is 41.8 Å². The van der Waals surface area contributed by atoms with Gasteiger partial charge in [-0.25, -0.2) is 9.97 Å². The Balaban J connectivity index is 0.00000512. The molecule has 1 heterocycles. The second-order valence-electron chi connectivity index (χ2n) is 6.77. The van der Waals surface area contributed by atoms with Crippen molar-refractivity contribution in [2.24, 2.45) is 4.99 Å². The van der Waals surface area contributed by atoms with E-state index in [4.69, 9.17) is 0 Å². The summed E-state index contributed by atoms with van der Waals surface area (Å²) in [5.74, 6) is 0.406. The summed E-state index contributed by atoms with van der Waals surface area (Å²) in [6, 6.07) is 8.26. The van der Waals surface area contributed by atoms with E-state index in [1.807, 2.05) is 18.2 Å². The second kappa shape index (κ2) is 13.0. The number of halogens is 4. The number of hydrogen-bond donors (Lipinski definition) is 3. The van der Waals surface area contributed by atoms with Crippen molar-refractivity contribution in [3.8, 4) is 0 Å². The number of benzene rings is 1. The molecular weight excluding hydrogens is 538 g/mol. The van der Waals surface area contributed by atoms with Gasteiger partial charge in [0.2, 0.25) is 5.95 Å². The summed E-state index contributed by atoms with van der Waals surface area (Å²) in [6.07, 6.45) is -2.76. The normalized spacial score (nSPS) is 11.4.